The second-order valence-corrected chi connectivity index (χ2v) is 7.33. The number of pyridine rings is 1. The highest BCUT2D eigenvalue weighted by Crippen LogP contribution is 2.22. The fourth-order valence-corrected chi connectivity index (χ4v) is 3.55. The van der Waals surface area contributed by atoms with Crippen LogP contribution in [0.15, 0.2) is 29.0 Å². The van der Waals surface area contributed by atoms with Crippen LogP contribution in [0.4, 0.5) is 0 Å². The Morgan fingerprint density at radius 3 is 2.86 bits per heavy atom. The summed E-state index contributed by atoms with van der Waals surface area (Å²) in [7, 11) is 0. The smallest absolute Gasteiger partial charge is 0.259 e. The quantitative estimate of drug-likeness (QED) is 0.691. The zero-order valence-electron chi connectivity index (χ0n) is 16.4. The van der Waals surface area contributed by atoms with E-state index in [4.69, 9.17) is 4.52 Å². The molecule has 1 fully saturated rings. The minimum atomic E-state index is 0.0462. The van der Waals surface area contributed by atoms with Crippen LogP contribution >= 0.6 is 0 Å². The van der Waals surface area contributed by atoms with Crippen LogP contribution in [0.5, 0.6) is 0 Å². The Morgan fingerprint density at radius 2 is 2.18 bits per heavy atom. The molecule has 1 aliphatic heterocycles. The van der Waals surface area contributed by atoms with E-state index in [0.717, 1.165) is 30.8 Å². The summed E-state index contributed by atoms with van der Waals surface area (Å²) >= 11 is 0. The molecule has 146 valence electrons. The van der Waals surface area contributed by atoms with Gasteiger partial charge in [-0.2, -0.15) is 10.1 Å². The van der Waals surface area contributed by atoms with E-state index in [-0.39, 0.29) is 5.91 Å². The molecule has 1 unspecified atom stereocenters. The van der Waals surface area contributed by atoms with Gasteiger partial charge >= 0.3 is 0 Å². The van der Waals surface area contributed by atoms with Gasteiger partial charge in [0.15, 0.2) is 11.6 Å². The molecule has 28 heavy (non-hydrogen) atoms. The molecule has 0 saturated carbocycles. The first-order valence-corrected chi connectivity index (χ1v) is 9.70. The molecule has 0 aromatic carbocycles. The number of nitrogens with zero attached hydrogens (tertiary/aromatic N) is 6. The minimum Gasteiger partial charge on any atom is -0.338 e. The van der Waals surface area contributed by atoms with Crippen LogP contribution in [0.2, 0.25) is 0 Å². The van der Waals surface area contributed by atoms with Crippen molar-refractivity contribution in [3.63, 3.8) is 0 Å². The normalized spacial score (nSPS) is 17.1. The van der Waals surface area contributed by atoms with Crippen LogP contribution in [-0.4, -0.2) is 48.8 Å². The molecule has 1 amide bonds. The van der Waals surface area contributed by atoms with Gasteiger partial charge < -0.3 is 9.42 Å². The highest BCUT2D eigenvalue weighted by molar-refractivity contribution is 5.95. The lowest BCUT2D eigenvalue weighted by molar-refractivity contribution is 0.0682. The van der Waals surface area contributed by atoms with E-state index in [2.05, 4.69) is 27.1 Å². The molecule has 0 spiro atoms. The third-order valence-electron chi connectivity index (χ3n) is 5.18. The Labute approximate surface area is 163 Å². The van der Waals surface area contributed by atoms with Gasteiger partial charge in [-0.25, -0.2) is 9.67 Å². The number of amides is 1. The highest BCUT2D eigenvalue weighted by Gasteiger charge is 2.25. The van der Waals surface area contributed by atoms with Gasteiger partial charge in [0.1, 0.15) is 0 Å². The predicted molar refractivity (Wildman–Crippen MR) is 103 cm³/mol. The number of carbonyl (C=O) groups is 1. The molecule has 4 heterocycles. The molecular weight excluding hydrogens is 356 g/mol. The van der Waals surface area contributed by atoms with Crippen LogP contribution in [0, 0.1) is 12.8 Å². The Bertz CT molecular complexity index is 975. The van der Waals surface area contributed by atoms with Gasteiger partial charge in [-0.3, -0.25) is 4.79 Å². The lowest BCUT2D eigenvalue weighted by Crippen LogP contribution is -2.39. The molecule has 0 N–H and O–H groups in total. The predicted octanol–water partition coefficient (Wildman–Crippen LogP) is 3.06. The molecule has 3 aromatic rings. The van der Waals surface area contributed by atoms with E-state index in [1.54, 1.807) is 17.1 Å². The molecule has 1 saturated heterocycles. The topological polar surface area (TPSA) is 89.9 Å². The molecule has 8 heteroatoms. The maximum atomic E-state index is 12.9. The zero-order valence-corrected chi connectivity index (χ0v) is 16.4. The lowest BCUT2D eigenvalue weighted by Gasteiger charge is -2.30. The lowest BCUT2D eigenvalue weighted by atomic mass is 9.99. The second kappa shape index (κ2) is 7.53. The average Bonchev–Trinajstić information content (AvgIpc) is 3.34. The van der Waals surface area contributed by atoms with E-state index in [0.29, 0.717) is 35.4 Å². The number of aromatic nitrogens is 5. The van der Waals surface area contributed by atoms with Gasteiger partial charge in [0.2, 0.25) is 0 Å². The van der Waals surface area contributed by atoms with Crippen molar-refractivity contribution < 1.29 is 9.32 Å². The molecule has 0 aliphatic carbocycles. The molecule has 3 aromatic heterocycles. The number of aryl methyl sites for hydroxylation is 1. The Kier molecular flexibility index (Phi) is 4.93. The monoisotopic (exact) mass is 380 g/mol. The summed E-state index contributed by atoms with van der Waals surface area (Å²) in [6.07, 6.45) is 6.26. The van der Waals surface area contributed by atoms with Crippen LogP contribution in [0.1, 0.15) is 48.6 Å². The van der Waals surface area contributed by atoms with Crippen LogP contribution in [0.25, 0.3) is 17.3 Å². The first kappa shape index (κ1) is 18.3. The van der Waals surface area contributed by atoms with Crippen LogP contribution in [-0.2, 0) is 6.42 Å². The van der Waals surface area contributed by atoms with Gasteiger partial charge in [-0.15, -0.1) is 0 Å². The maximum absolute atomic E-state index is 12.9. The first-order chi connectivity index (χ1) is 13.6. The van der Waals surface area contributed by atoms with Gasteiger partial charge in [-0.05, 0) is 37.8 Å². The summed E-state index contributed by atoms with van der Waals surface area (Å²) in [5, 5.41) is 8.30. The minimum absolute atomic E-state index is 0.0462. The first-order valence-electron chi connectivity index (χ1n) is 9.70. The standard InChI is InChI=1S/C20H24N6O2/c1-4-17-23-19(28-24-17)15-7-8-18(21-10-15)26-14(3)16(11-22-26)20(27)25-9-5-6-13(2)12-25/h7-8,10-11,13H,4-6,9,12H2,1-3H3. The fourth-order valence-electron chi connectivity index (χ4n) is 3.55. The SMILES string of the molecule is CCc1noc(-c2ccc(-n3ncc(C(=O)N4CCCC(C)C4)c3C)nc2)n1. The molecule has 4 rings (SSSR count). The van der Waals surface area contributed by atoms with E-state index in [9.17, 15) is 4.79 Å². The van der Waals surface area contributed by atoms with Gasteiger partial charge in [0, 0.05) is 25.7 Å². The summed E-state index contributed by atoms with van der Waals surface area (Å²) < 4.78 is 6.94. The van der Waals surface area contributed by atoms with Crippen LogP contribution < -0.4 is 0 Å². The Balaban J connectivity index is 1.56. The van der Waals surface area contributed by atoms with Gasteiger partial charge in [0.05, 0.1) is 23.0 Å². The van der Waals surface area contributed by atoms with E-state index in [1.165, 1.54) is 6.42 Å². The Morgan fingerprint density at radius 1 is 1.32 bits per heavy atom. The van der Waals surface area contributed by atoms with Gasteiger partial charge in [-0.1, -0.05) is 19.0 Å². The third kappa shape index (κ3) is 3.42. The van der Waals surface area contributed by atoms with Crippen molar-refractivity contribution in [2.75, 3.05) is 13.1 Å². The van der Waals surface area contributed by atoms with Crippen molar-refractivity contribution in [3.8, 4) is 17.3 Å². The second-order valence-electron chi connectivity index (χ2n) is 7.33. The number of rotatable bonds is 4. The van der Waals surface area contributed by atoms with Crippen molar-refractivity contribution >= 4 is 5.91 Å². The van der Waals surface area contributed by atoms with E-state index < -0.39 is 0 Å². The summed E-state index contributed by atoms with van der Waals surface area (Å²) in [4.78, 5) is 23.6. The van der Waals surface area contributed by atoms with Crippen molar-refractivity contribution in [1.82, 2.24) is 29.8 Å². The van der Waals surface area contributed by atoms with Crippen molar-refractivity contribution in [2.45, 2.75) is 40.0 Å². The van der Waals surface area contributed by atoms with E-state index >= 15 is 0 Å². The largest absolute Gasteiger partial charge is 0.338 e. The van der Waals surface area contributed by atoms with Crippen molar-refractivity contribution in [3.05, 3.63) is 41.6 Å². The molecule has 1 aliphatic rings. The highest BCUT2D eigenvalue weighted by atomic mass is 16.5. The summed E-state index contributed by atoms with van der Waals surface area (Å²) in [6.45, 7) is 7.67. The maximum Gasteiger partial charge on any atom is 0.259 e. The number of piperidine rings is 1. The Hall–Kier alpha value is -3.03. The summed E-state index contributed by atoms with van der Waals surface area (Å²) in [6, 6.07) is 3.70. The number of hydrogen-bond acceptors (Lipinski definition) is 6. The fraction of sp³-hybridized carbons (Fsp3) is 0.450. The molecule has 1 atom stereocenters. The average molecular weight is 380 g/mol. The van der Waals surface area contributed by atoms with Crippen molar-refractivity contribution in [2.24, 2.45) is 5.92 Å². The number of likely N-dealkylation sites (tertiary alicyclic amines) is 1. The third-order valence-corrected chi connectivity index (χ3v) is 5.18. The molecule has 0 radical (unpaired) electrons. The number of hydrogen-bond donors (Lipinski definition) is 0. The zero-order chi connectivity index (χ0) is 19.7. The molecule has 8 nitrogen and oxygen atoms in total. The summed E-state index contributed by atoms with van der Waals surface area (Å²) in [5.41, 5.74) is 2.17. The van der Waals surface area contributed by atoms with E-state index in [1.807, 2.05) is 30.9 Å². The molecule has 0 bridgehead atoms. The van der Waals surface area contributed by atoms with Crippen molar-refractivity contribution in [1.29, 1.82) is 0 Å². The summed E-state index contributed by atoms with van der Waals surface area (Å²) in [5.74, 6) is 2.34. The van der Waals surface area contributed by atoms with Gasteiger partial charge in [0.25, 0.3) is 11.8 Å². The number of carbonyl (C=O) groups excluding carboxylic acids is 1. The van der Waals surface area contributed by atoms with Crippen LogP contribution in [0.3, 0.4) is 0 Å². The molecular formula is C20H24N6O2.